The maximum Gasteiger partial charge on any atom is 0.145 e. The fourth-order valence-electron chi connectivity index (χ4n) is 9.63. The molecule has 2 aromatic heterocycles. The van der Waals surface area contributed by atoms with Crippen LogP contribution >= 0.6 is 0 Å². The Kier molecular flexibility index (Phi) is 8.91. The lowest BCUT2D eigenvalue weighted by Gasteiger charge is -2.20. The molecular formula is C60H42N4. The van der Waals surface area contributed by atoms with Crippen LogP contribution in [0.25, 0.3) is 111 Å². The van der Waals surface area contributed by atoms with Crippen molar-refractivity contribution < 1.29 is 0 Å². The SMILES string of the molecule is Cc1ccc2c(c1)nc(-c1ccccc1)n2-c1ccc(-c2ccc3c(-c4ccccc4)c4cc(-n5c(-c6ccccc6)nc6cc(C)ccc65)ccc4c(-c4ccccc4)c3c2)cc1. The third kappa shape index (κ3) is 6.30. The first-order chi connectivity index (χ1) is 31.6. The van der Waals surface area contributed by atoms with Gasteiger partial charge in [-0.1, -0.05) is 164 Å². The highest BCUT2D eigenvalue weighted by Gasteiger charge is 2.21. The molecule has 0 radical (unpaired) electrons. The Labute approximate surface area is 372 Å². The molecule has 0 spiro atoms. The molecule has 0 fully saturated rings. The molecule has 64 heavy (non-hydrogen) atoms. The van der Waals surface area contributed by atoms with Gasteiger partial charge in [-0.2, -0.15) is 0 Å². The molecule has 4 nitrogen and oxygen atoms in total. The maximum atomic E-state index is 5.25. The van der Waals surface area contributed by atoms with Crippen LogP contribution in [0.1, 0.15) is 11.1 Å². The first-order valence-electron chi connectivity index (χ1n) is 21.9. The van der Waals surface area contributed by atoms with Gasteiger partial charge in [0.25, 0.3) is 0 Å². The molecule has 0 aliphatic rings. The molecule has 0 amide bonds. The summed E-state index contributed by atoms with van der Waals surface area (Å²) in [5.41, 5.74) is 17.9. The summed E-state index contributed by atoms with van der Waals surface area (Å²) >= 11 is 0. The summed E-state index contributed by atoms with van der Waals surface area (Å²) in [5.74, 6) is 1.86. The van der Waals surface area contributed by atoms with E-state index < -0.39 is 0 Å². The van der Waals surface area contributed by atoms with Crippen molar-refractivity contribution in [1.29, 1.82) is 0 Å². The molecule has 2 heterocycles. The molecule has 0 atom stereocenters. The molecule has 0 saturated heterocycles. The second kappa shape index (κ2) is 15.2. The number of aromatic nitrogens is 4. The van der Waals surface area contributed by atoms with Gasteiger partial charge in [-0.05, 0) is 134 Å². The Bertz CT molecular complexity index is 3700. The Balaban J connectivity index is 1.07. The van der Waals surface area contributed by atoms with E-state index in [0.717, 1.165) is 67.3 Å². The van der Waals surface area contributed by atoms with E-state index in [1.807, 2.05) is 0 Å². The quantitative estimate of drug-likeness (QED) is 0.150. The Morgan fingerprint density at radius 3 is 1.20 bits per heavy atom. The van der Waals surface area contributed by atoms with E-state index in [2.05, 4.69) is 241 Å². The van der Waals surface area contributed by atoms with Crippen LogP contribution in [-0.4, -0.2) is 19.1 Å². The second-order valence-electron chi connectivity index (χ2n) is 16.8. The van der Waals surface area contributed by atoms with Gasteiger partial charge in [0.1, 0.15) is 11.6 Å². The average molecular weight is 819 g/mol. The van der Waals surface area contributed by atoms with Crippen molar-refractivity contribution in [2.24, 2.45) is 0 Å². The molecule has 0 aliphatic carbocycles. The van der Waals surface area contributed by atoms with Crippen molar-refractivity contribution in [3.8, 4) is 67.5 Å². The third-order valence-corrected chi connectivity index (χ3v) is 12.6. The van der Waals surface area contributed by atoms with Gasteiger partial charge in [-0.25, -0.2) is 9.97 Å². The van der Waals surface area contributed by atoms with Gasteiger partial charge in [0.05, 0.1) is 22.1 Å². The Morgan fingerprint density at radius 1 is 0.297 bits per heavy atom. The number of nitrogens with zero attached hydrogens (tertiary/aromatic N) is 4. The second-order valence-corrected chi connectivity index (χ2v) is 16.8. The van der Waals surface area contributed by atoms with Gasteiger partial charge in [0, 0.05) is 22.5 Å². The Hall–Kier alpha value is -8.34. The highest BCUT2D eigenvalue weighted by atomic mass is 15.1. The van der Waals surface area contributed by atoms with E-state index in [1.54, 1.807) is 0 Å². The van der Waals surface area contributed by atoms with Crippen molar-refractivity contribution in [2.45, 2.75) is 13.8 Å². The summed E-state index contributed by atoms with van der Waals surface area (Å²) in [6, 6.07) is 78.8. The number of imidazole rings is 2. The minimum atomic E-state index is 0.925. The molecule has 302 valence electrons. The zero-order valence-corrected chi connectivity index (χ0v) is 35.6. The van der Waals surface area contributed by atoms with E-state index in [-0.39, 0.29) is 0 Å². The lowest BCUT2D eigenvalue weighted by molar-refractivity contribution is 1.10. The molecule has 0 bridgehead atoms. The monoisotopic (exact) mass is 818 g/mol. The standard InChI is InChI=1S/C60H42N4/c1-39-23-33-55-53(35-39)61-59(44-19-11-5-12-20-44)63(55)47-28-25-41(26-29-47)46-27-31-49-51(37-46)57(42-15-7-3-8-16-42)50-32-30-48(38-52(50)58(49)43-17-9-4-10-18-43)64-56-34-24-40(2)36-54(56)62-60(64)45-21-13-6-14-22-45/h3-38H,1-2H3. The largest absolute Gasteiger partial charge is 0.292 e. The van der Waals surface area contributed by atoms with Gasteiger partial charge in [0.2, 0.25) is 0 Å². The van der Waals surface area contributed by atoms with E-state index in [0.29, 0.717) is 0 Å². The molecule has 0 saturated carbocycles. The van der Waals surface area contributed by atoms with Crippen LogP contribution in [0.4, 0.5) is 0 Å². The fourth-order valence-corrected chi connectivity index (χ4v) is 9.63. The molecule has 12 aromatic rings. The number of fused-ring (bicyclic) bond motifs is 4. The van der Waals surface area contributed by atoms with Gasteiger partial charge in [0.15, 0.2) is 0 Å². The molecule has 12 rings (SSSR count). The van der Waals surface area contributed by atoms with Crippen molar-refractivity contribution in [3.05, 3.63) is 230 Å². The number of hydrogen-bond acceptors (Lipinski definition) is 2. The normalized spacial score (nSPS) is 11.6. The molecule has 10 aromatic carbocycles. The van der Waals surface area contributed by atoms with Crippen molar-refractivity contribution in [1.82, 2.24) is 19.1 Å². The topological polar surface area (TPSA) is 35.6 Å². The van der Waals surface area contributed by atoms with Gasteiger partial charge < -0.3 is 0 Å². The molecule has 0 aliphatic heterocycles. The van der Waals surface area contributed by atoms with Crippen LogP contribution < -0.4 is 0 Å². The van der Waals surface area contributed by atoms with Crippen molar-refractivity contribution in [3.63, 3.8) is 0 Å². The van der Waals surface area contributed by atoms with Gasteiger partial charge in [-0.15, -0.1) is 0 Å². The predicted octanol–water partition coefficient (Wildman–Crippen LogP) is 15.6. The first-order valence-corrected chi connectivity index (χ1v) is 21.9. The molecule has 0 N–H and O–H groups in total. The third-order valence-electron chi connectivity index (χ3n) is 12.6. The zero-order chi connectivity index (χ0) is 42.7. The summed E-state index contributed by atoms with van der Waals surface area (Å²) < 4.78 is 4.61. The number of aryl methyl sites for hydroxylation is 2. The number of benzene rings is 10. The first kappa shape index (κ1) is 37.4. The highest BCUT2D eigenvalue weighted by molar-refractivity contribution is 6.22. The van der Waals surface area contributed by atoms with Crippen LogP contribution in [0.15, 0.2) is 218 Å². The zero-order valence-electron chi connectivity index (χ0n) is 35.6. The lowest BCUT2D eigenvalue weighted by atomic mass is 9.84. The lowest BCUT2D eigenvalue weighted by Crippen LogP contribution is -1.99. The van der Waals surface area contributed by atoms with Crippen LogP contribution in [-0.2, 0) is 0 Å². The van der Waals surface area contributed by atoms with Gasteiger partial charge in [-0.3, -0.25) is 9.13 Å². The average Bonchev–Trinajstić information content (AvgIpc) is 3.92. The van der Waals surface area contributed by atoms with Crippen LogP contribution in [0, 0.1) is 13.8 Å². The van der Waals surface area contributed by atoms with E-state index in [9.17, 15) is 0 Å². The minimum Gasteiger partial charge on any atom is -0.292 e. The minimum absolute atomic E-state index is 0.925. The van der Waals surface area contributed by atoms with Crippen LogP contribution in [0.3, 0.4) is 0 Å². The smallest absolute Gasteiger partial charge is 0.145 e. The van der Waals surface area contributed by atoms with Crippen LogP contribution in [0.5, 0.6) is 0 Å². The number of rotatable bonds is 7. The Morgan fingerprint density at radius 2 is 0.703 bits per heavy atom. The molecule has 4 heteroatoms. The summed E-state index contributed by atoms with van der Waals surface area (Å²) in [7, 11) is 0. The number of hydrogen-bond donors (Lipinski definition) is 0. The summed E-state index contributed by atoms with van der Waals surface area (Å²) in [5, 5.41) is 4.81. The van der Waals surface area contributed by atoms with E-state index in [1.165, 1.54) is 54.9 Å². The van der Waals surface area contributed by atoms with Crippen molar-refractivity contribution >= 4 is 43.6 Å². The van der Waals surface area contributed by atoms with E-state index >= 15 is 0 Å². The van der Waals surface area contributed by atoms with Crippen molar-refractivity contribution in [2.75, 3.05) is 0 Å². The molecule has 0 unspecified atom stereocenters. The summed E-state index contributed by atoms with van der Waals surface area (Å²) in [6.45, 7) is 4.25. The highest BCUT2D eigenvalue weighted by Crippen LogP contribution is 2.46. The fraction of sp³-hybridized carbons (Fsp3) is 0.0333. The molecular weight excluding hydrogens is 777 g/mol. The maximum absolute atomic E-state index is 5.25. The van der Waals surface area contributed by atoms with Crippen LogP contribution in [0.2, 0.25) is 0 Å². The van der Waals surface area contributed by atoms with E-state index in [4.69, 9.17) is 9.97 Å². The summed E-state index contributed by atoms with van der Waals surface area (Å²) in [4.78, 5) is 10.4. The predicted molar refractivity (Wildman–Crippen MR) is 267 cm³/mol. The summed E-state index contributed by atoms with van der Waals surface area (Å²) in [6.07, 6.45) is 0. The van der Waals surface area contributed by atoms with Gasteiger partial charge >= 0.3 is 0 Å².